The van der Waals surface area contributed by atoms with Crippen molar-refractivity contribution in [3.8, 4) is 5.88 Å². The second-order valence-corrected chi connectivity index (χ2v) is 5.29. The zero-order chi connectivity index (χ0) is 13.0. The highest BCUT2D eigenvalue weighted by Gasteiger charge is 2.18. The molecule has 0 saturated heterocycles. The Bertz CT molecular complexity index is 415. The molecule has 1 aromatic heterocycles. The van der Waals surface area contributed by atoms with E-state index in [1.165, 1.54) is 4.31 Å². The maximum Gasteiger partial charge on any atom is 0.238 e. The van der Waals surface area contributed by atoms with Crippen LogP contribution in [0.2, 0.25) is 0 Å². The highest BCUT2D eigenvalue weighted by Crippen LogP contribution is 2.31. The van der Waals surface area contributed by atoms with E-state index in [-0.39, 0.29) is 6.04 Å². The van der Waals surface area contributed by atoms with Gasteiger partial charge in [-0.25, -0.2) is 4.98 Å². The Kier molecular flexibility index (Phi) is 5.35. The van der Waals surface area contributed by atoms with Gasteiger partial charge in [0.05, 0.1) is 6.61 Å². The molecule has 1 rings (SSSR count). The van der Waals surface area contributed by atoms with Crippen molar-refractivity contribution in [3.63, 3.8) is 0 Å². The Labute approximate surface area is 112 Å². The van der Waals surface area contributed by atoms with Gasteiger partial charge in [0, 0.05) is 28.0 Å². The third kappa shape index (κ3) is 3.65. The van der Waals surface area contributed by atoms with Crippen molar-refractivity contribution in [1.82, 2.24) is 4.98 Å². The van der Waals surface area contributed by atoms with Gasteiger partial charge in [0.25, 0.3) is 0 Å². The number of ether oxygens (including phenoxy) is 1. The van der Waals surface area contributed by atoms with Crippen LogP contribution in [0, 0.1) is 0 Å². The molecule has 5 nitrogen and oxygen atoms in total. The molecular weight excluding hydrogens is 308 g/mol. The van der Waals surface area contributed by atoms with Gasteiger partial charge in [-0.05, 0) is 42.8 Å². The lowest BCUT2D eigenvalue weighted by atomic mass is 10.3. The molecule has 1 aromatic rings. The predicted molar refractivity (Wildman–Crippen MR) is 69.6 cm³/mol. The predicted octanol–water partition coefficient (Wildman–Crippen LogP) is 2.25. The average Bonchev–Trinajstić information content (AvgIpc) is 2.21. The molecule has 0 N–H and O–H groups in total. The normalized spacial score (nSPS) is 12.6. The van der Waals surface area contributed by atoms with Gasteiger partial charge in [0.1, 0.15) is 5.69 Å². The molecular formula is C10H14BrN2O3S-. The molecule has 0 spiro atoms. The van der Waals surface area contributed by atoms with Crippen LogP contribution in [0.5, 0.6) is 5.88 Å². The minimum absolute atomic E-state index is 0.205. The van der Waals surface area contributed by atoms with E-state index in [0.29, 0.717) is 22.6 Å². The van der Waals surface area contributed by atoms with Crippen molar-refractivity contribution in [1.29, 1.82) is 0 Å². The van der Waals surface area contributed by atoms with Crippen LogP contribution in [0.1, 0.15) is 20.8 Å². The first-order valence-corrected chi connectivity index (χ1v) is 6.96. The minimum atomic E-state index is -2.36. The fraction of sp³-hybridized carbons (Fsp3) is 0.500. The van der Waals surface area contributed by atoms with Gasteiger partial charge in [-0.1, -0.05) is 0 Å². The van der Waals surface area contributed by atoms with E-state index in [2.05, 4.69) is 20.9 Å². The summed E-state index contributed by atoms with van der Waals surface area (Å²) in [4.78, 5) is 4.07. The van der Waals surface area contributed by atoms with Gasteiger partial charge in [0.15, 0.2) is 0 Å². The second kappa shape index (κ2) is 6.32. The molecule has 0 fully saturated rings. The van der Waals surface area contributed by atoms with Crippen LogP contribution >= 0.6 is 15.9 Å². The van der Waals surface area contributed by atoms with Crippen molar-refractivity contribution in [2.24, 2.45) is 0 Å². The number of hydrogen-bond donors (Lipinski definition) is 0. The smallest absolute Gasteiger partial charge is 0.238 e. The summed E-state index contributed by atoms with van der Waals surface area (Å²) < 4.78 is 29.7. The summed E-state index contributed by atoms with van der Waals surface area (Å²) in [5.74, 6) is 0.314. The van der Waals surface area contributed by atoms with E-state index in [1.54, 1.807) is 26.1 Å². The summed E-state index contributed by atoms with van der Waals surface area (Å²) in [6, 6.07) is 1.47. The Balaban J connectivity index is 3.24. The molecule has 0 bridgehead atoms. The van der Waals surface area contributed by atoms with Crippen molar-refractivity contribution in [2.45, 2.75) is 26.8 Å². The zero-order valence-corrected chi connectivity index (χ0v) is 12.2. The number of anilines is 1. The minimum Gasteiger partial charge on any atom is -0.755 e. The number of nitrogens with zero attached hydrogens (tertiary/aromatic N) is 2. The molecule has 0 aliphatic carbocycles. The van der Waals surface area contributed by atoms with Gasteiger partial charge in [0.2, 0.25) is 5.88 Å². The Hall–Kier alpha value is -0.660. The number of hydrogen-bond acceptors (Lipinski definition) is 4. The van der Waals surface area contributed by atoms with E-state index < -0.39 is 11.3 Å². The maximum absolute atomic E-state index is 11.2. The summed E-state index contributed by atoms with van der Waals surface area (Å²) in [5.41, 5.74) is 0.435. The molecule has 0 radical (unpaired) electrons. The molecule has 0 aliphatic heterocycles. The molecule has 0 saturated carbocycles. The summed E-state index contributed by atoms with van der Waals surface area (Å²) in [6.45, 7) is 5.82. The molecule has 7 heteroatoms. The highest BCUT2D eigenvalue weighted by molar-refractivity contribution is 9.10. The lowest BCUT2D eigenvalue weighted by Crippen LogP contribution is -2.33. The third-order valence-electron chi connectivity index (χ3n) is 1.95. The molecule has 0 aromatic carbocycles. The molecule has 0 amide bonds. The quantitative estimate of drug-likeness (QED) is 0.780. The lowest BCUT2D eigenvalue weighted by Gasteiger charge is -2.31. The van der Waals surface area contributed by atoms with Crippen LogP contribution in [0.3, 0.4) is 0 Å². The lowest BCUT2D eigenvalue weighted by molar-refractivity contribution is 0.327. The van der Waals surface area contributed by atoms with E-state index in [1.807, 2.05) is 6.92 Å². The SMILES string of the molecule is CCOc1ncc(Br)cc1N(C(C)C)S(=O)[O-]. The van der Waals surface area contributed by atoms with Crippen molar-refractivity contribution in [2.75, 3.05) is 10.9 Å². The van der Waals surface area contributed by atoms with Crippen LogP contribution in [0.25, 0.3) is 0 Å². The monoisotopic (exact) mass is 321 g/mol. The second-order valence-electron chi connectivity index (χ2n) is 3.55. The summed E-state index contributed by atoms with van der Waals surface area (Å²) in [5, 5.41) is 0. The fourth-order valence-electron chi connectivity index (χ4n) is 1.35. The summed E-state index contributed by atoms with van der Waals surface area (Å²) >= 11 is 0.904. The van der Waals surface area contributed by atoms with Gasteiger partial charge < -0.3 is 9.29 Å². The van der Waals surface area contributed by atoms with Crippen LogP contribution in [-0.4, -0.2) is 26.4 Å². The molecule has 96 valence electrons. The van der Waals surface area contributed by atoms with Crippen molar-refractivity contribution < 1.29 is 13.5 Å². The average molecular weight is 322 g/mol. The molecule has 17 heavy (non-hydrogen) atoms. The van der Waals surface area contributed by atoms with E-state index in [9.17, 15) is 8.76 Å². The van der Waals surface area contributed by atoms with Gasteiger partial charge in [-0.2, -0.15) is 0 Å². The van der Waals surface area contributed by atoms with Crippen molar-refractivity contribution >= 4 is 32.9 Å². The topological polar surface area (TPSA) is 65.5 Å². The number of pyridine rings is 1. The molecule has 1 unspecified atom stereocenters. The first kappa shape index (κ1) is 14.4. The third-order valence-corrected chi connectivity index (χ3v) is 3.32. The summed E-state index contributed by atoms with van der Waals surface area (Å²) in [7, 11) is 0. The molecule has 0 aliphatic rings. The fourth-order valence-corrected chi connectivity index (χ4v) is 2.31. The van der Waals surface area contributed by atoms with Crippen LogP contribution in [0.4, 0.5) is 5.69 Å². The molecule has 1 heterocycles. The Morgan fingerprint density at radius 1 is 1.65 bits per heavy atom. The van der Waals surface area contributed by atoms with Gasteiger partial charge in [-0.3, -0.25) is 8.51 Å². The number of aromatic nitrogens is 1. The van der Waals surface area contributed by atoms with E-state index >= 15 is 0 Å². The van der Waals surface area contributed by atoms with Crippen LogP contribution in [-0.2, 0) is 11.3 Å². The molecule has 1 atom stereocenters. The first-order valence-electron chi connectivity index (χ1n) is 5.14. The van der Waals surface area contributed by atoms with Gasteiger partial charge in [-0.15, -0.1) is 0 Å². The zero-order valence-electron chi connectivity index (χ0n) is 9.84. The maximum atomic E-state index is 11.2. The van der Waals surface area contributed by atoms with Crippen molar-refractivity contribution in [3.05, 3.63) is 16.7 Å². The van der Waals surface area contributed by atoms with Crippen LogP contribution < -0.4 is 9.04 Å². The first-order chi connectivity index (χ1) is 7.97. The van der Waals surface area contributed by atoms with Gasteiger partial charge >= 0.3 is 0 Å². The Morgan fingerprint density at radius 2 is 2.29 bits per heavy atom. The number of halogens is 1. The van der Waals surface area contributed by atoms with E-state index in [0.717, 1.165) is 0 Å². The van der Waals surface area contributed by atoms with Crippen LogP contribution in [0.15, 0.2) is 16.7 Å². The highest BCUT2D eigenvalue weighted by atomic mass is 79.9. The largest absolute Gasteiger partial charge is 0.755 e. The van der Waals surface area contributed by atoms with E-state index in [4.69, 9.17) is 4.74 Å². The standard InChI is InChI=1S/C10H15BrN2O3S/c1-4-16-10-9(5-8(11)6-12-10)13(7(2)3)17(14)15/h5-7H,4H2,1-3H3,(H,14,15)/p-1. The Morgan fingerprint density at radius 3 is 2.76 bits per heavy atom. The summed E-state index contributed by atoms with van der Waals surface area (Å²) in [6.07, 6.45) is 1.57. The number of rotatable bonds is 5.